The lowest BCUT2D eigenvalue weighted by molar-refractivity contribution is -0.153. The molecule has 0 radical (unpaired) electrons. The summed E-state index contributed by atoms with van der Waals surface area (Å²) in [5.74, 6) is -3.33. The fourth-order valence-electron chi connectivity index (χ4n) is 1.55. The van der Waals surface area contributed by atoms with E-state index in [1.54, 1.807) is 20.8 Å². The lowest BCUT2D eigenvalue weighted by Crippen LogP contribution is -2.50. The van der Waals surface area contributed by atoms with Gasteiger partial charge in [0.2, 0.25) is 0 Å². The zero-order chi connectivity index (χ0) is 17.3. The first-order valence-corrected chi connectivity index (χ1v) is 6.73. The fourth-order valence-corrected chi connectivity index (χ4v) is 1.55. The molecule has 0 rings (SSSR count). The molecule has 0 aromatic rings. The largest absolute Gasteiger partial charge is 0.481 e. The monoisotopic (exact) mass is 313 g/mol. The van der Waals surface area contributed by atoms with Crippen LogP contribution in [0.2, 0.25) is 0 Å². The summed E-state index contributed by atoms with van der Waals surface area (Å²) < 4.78 is 9.87. The van der Waals surface area contributed by atoms with Crippen LogP contribution in [-0.4, -0.2) is 41.4 Å². The van der Waals surface area contributed by atoms with Crippen LogP contribution >= 0.6 is 0 Å². The van der Waals surface area contributed by atoms with Crippen molar-refractivity contribution in [3.05, 3.63) is 25.3 Å². The number of nitrogens with one attached hydrogen (secondary N) is 1. The summed E-state index contributed by atoms with van der Waals surface area (Å²) in [6, 6.07) is -1.38. The van der Waals surface area contributed by atoms with Gasteiger partial charge in [-0.2, -0.15) is 0 Å². The molecule has 7 nitrogen and oxygen atoms in total. The summed E-state index contributed by atoms with van der Waals surface area (Å²) in [5, 5.41) is 11.5. The molecule has 0 aliphatic heterocycles. The number of amides is 1. The summed E-state index contributed by atoms with van der Waals surface area (Å²) in [7, 11) is 0. The molecule has 2 atom stereocenters. The third-order valence-electron chi connectivity index (χ3n) is 2.41. The second-order valence-electron chi connectivity index (χ2n) is 5.51. The zero-order valence-electron chi connectivity index (χ0n) is 13.1. The summed E-state index contributed by atoms with van der Waals surface area (Å²) in [6.45, 7) is 11.7. The first kappa shape index (κ1) is 19.7. The molecule has 2 unspecified atom stereocenters. The molecule has 0 aliphatic rings. The smallest absolute Gasteiger partial charge is 0.408 e. The minimum atomic E-state index is -1.38. The number of hydrogen-bond donors (Lipinski definition) is 2. The molecule has 0 saturated heterocycles. The summed E-state index contributed by atoms with van der Waals surface area (Å²) in [5.41, 5.74) is -0.781. The number of ether oxygens (including phenoxy) is 2. The maximum absolute atomic E-state index is 12.0. The van der Waals surface area contributed by atoms with E-state index in [0.29, 0.717) is 0 Å². The van der Waals surface area contributed by atoms with Crippen molar-refractivity contribution >= 4 is 18.0 Å². The third-order valence-corrected chi connectivity index (χ3v) is 2.41. The molecule has 0 aromatic carbocycles. The Hall–Kier alpha value is -2.31. The van der Waals surface area contributed by atoms with E-state index in [4.69, 9.17) is 9.47 Å². The van der Waals surface area contributed by atoms with Crippen molar-refractivity contribution in [2.45, 2.75) is 38.8 Å². The Labute approximate surface area is 130 Å². The van der Waals surface area contributed by atoms with Crippen LogP contribution in [0.1, 0.15) is 27.2 Å². The van der Waals surface area contributed by atoms with Crippen molar-refractivity contribution in [3.8, 4) is 0 Å². The number of rotatable bonds is 8. The van der Waals surface area contributed by atoms with Crippen molar-refractivity contribution < 1.29 is 29.0 Å². The highest BCUT2D eigenvalue weighted by molar-refractivity contribution is 5.87. The highest BCUT2D eigenvalue weighted by atomic mass is 16.6. The van der Waals surface area contributed by atoms with E-state index < -0.39 is 35.6 Å². The predicted octanol–water partition coefficient (Wildman–Crippen LogP) is 1.89. The van der Waals surface area contributed by atoms with Gasteiger partial charge in [0.05, 0.1) is 5.92 Å². The van der Waals surface area contributed by atoms with E-state index in [0.717, 1.165) is 0 Å². The Morgan fingerprint density at radius 3 is 2.23 bits per heavy atom. The Bertz CT molecular complexity index is 438. The van der Waals surface area contributed by atoms with Crippen LogP contribution in [0, 0.1) is 5.92 Å². The first-order valence-electron chi connectivity index (χ1n) is 6.73. The Morgan fingerprint density at radius 2 is 1.82 bits per heavy atom. The van der Waals surface area contributed by atoms with Gasteiger partial charge < -0.3 is 19.9 Å². The Balaban J connectivity index is 5.17. The zero-order valence-corrected chi connectivity index (χ0v) is 13.1. The molecule has 22 heavy (non-hydrogen) atoms. The van der Waals surface area contributed by atoms with Crippen molar-refractivity contribution in [1.82, 2.24) is 5.32 Å². The van der Waals surface area contributed by atoms with Gasteiger partial charge in [-0.3, -0.25) is 4.79 Å². The lowest BCUT2D eigenvalue weighted by Gasteiger charge is -2.25. The fraction of sp³-hybridized carbons (Fsp3) is 0.533. The van der Waals surface area contributed by atoms with Crippen LogP contribution in [0.4, 0.5) is 4.79 Å². The van der Waals surface area contributed by atoms with Gasteiger partial charge in [0.15, 0.2) is 0 Å². The number of allylic oxidation sites excluding steroid dienone is 1. The van der Waals surface area contributed by atoms with Gasteiger partial charge in [-0.15, -0.1) is 6.58 Å². The molecule has 0 fully saturated rings. The number of carboxylic acid groups (broad SMARTS) is 1. The van der Waals surface area contributed by atoms with Gasteiger partial charge >= 0.3 is 18.0 Å². The topological polar surface area (TPSA) is 102 Å². The highest BCUT2D eigenvalue weighted by Crippen LogP contribution is 2.14. The van der Waals surface area contributed by atoms with Gasteiger partial charge in [0.1, 0.15) is 18.2 Å². The minimum Gasteiger partial charge on any atom is -0.481 e. The number of carboxylic acids is 1. The van der Waals surface area contributed by atoms with Gasteiger partial charge in [-0.1, -0.05) is 18.7 Å². The van der Waals surface area contributed by atoms with Crippen molar-refractivity contribution in [3.63, 3.8) is 0 Å². The maximum atomic E-state index is 12.0. The second kappa shape index (κ2) is 8.86. The van der Waals surface area contributed by atoms with E-state index in [-0.39, 0.29) is 13.0 Å². The van der Waals surface area contributed by atoms with Crippen molar-refractivity contribution in [2.75, 3.05) is 6.61 Å². The van der Waals surface area contributed by atoms with Crippen LogP contribution in [0.5, 0.6) is 0 Å². The number of carbonyl (C=O) groups is 3. The van der Waals surface area contributed by atoms with E-state index in [9.17, 15) is 19.5 Å². The van der Waals surface area contributed by atoms with Crippen molar-refractivity contribution in [1.29, 1.82) is 0 Å². The Kier molecular flexibility index (Phi) is 7.93. The number of aliphatic carboxylic acids is 1. The molecule has 7 heteroatoms. The quantitative estimate of drug-likeness (QED) is 0.524. The first-order chi connectivity index (χ1) is 10.1. The number of carbonyl (C=O) groups excluding carboxylic acids is 2. The van der Waals surface area contributed by atoms with Crippen LogP contribution in [0.15, 0.2) is 25.3 Å². The van der Waals surface area contributed by atoms with Crippen LogP contribution in [0.3, 0.4) is 0 Å². The van der Waals surface area contributed by atoms with E-state index >= 15 is 0 Å². The van der Waals surface area contributed by atoms with E-state index in [1.165, 1.54) is 12.2 Å². The number of esters is 1. The number of hydrogen-bond acceptors (Lipinski definition) is 5. The molecule has 0 heterocycles. The van der Waals surface area contributed by atoms with Gasteiger partial charge in [-0.25, -0.2) is 9.59 Å². The molecule has 124 valence electrons. The molecule has 0 bridgehead atoms. The molecule has 0 aromatic heterocycles. The van der Waals surface area contributed by atoms with Gasteiger partial charge in [0, 0.05) is 0 Å². The summed E-state index contributed by atoms with van der Waals surface area (Å²) in [6.07, 6.45) is 1.77. The van der Waals surface area contributed by atoms with Crippen LogP contribution in [-0.2, 0) is 19.1 Å². The molecular formula is C15H23NO6. The van der Waals surface area contributed by atoms with Gasteiger partial charge in [0.25, 0.3) is 0 Å². The standard InChI is InChI=1S/C15H23NO6/c1-6-8-10(12(17)18)11(13(19)21-9-7-2)16-14(20)22-15(3,4)5/h6-7,10-11H,1-2,8-9H2,3-5H3,(H,16,20)(H,17,18). The highest BCUT2D eigenvalue weighted by Gasteiger charge is 2.36. The molecule has 1 amide bonds. The lowest BCUT2D eigenvalue weighted by atomic mass is 9.96. The molecule has 0 aliphatic carbocycles. The molecule has 0 spiro atoms. The SMILES string of the molecule is C=CCOC(=O)C(NC(=O)OC(C)(C)C)C(CC=C)C(=O)O. The molecule has 2 N–H and O–H groups in total. The summed E-state index contributed by atoms with van der Waals surface area (Å²) >= 11 is 0. The van der Waals surface area contributed by atoms with E-state index in [1.807, 2.05) is 0 Å². The average Bonchev–Trinajstić information content (AvgIpc) is 2.37. The molecule has 0 saturated carbocycles. The Morgan fingerprint density at radius 1 is 1.23 bits per heavy atom. The number of alkyl carbamates (subject to hydrolysis) is 1. The maximum Gasteiger partial charge on any atom is 0.408 e. The van der Waals surface area contributed by atoms with Gasteiger partial charge in [-0.05, 0) is 27.2 Å². The minimum absolute atomic E-state index is 0.0149. The average molecular weight is 313 g/mol. The third kappa shape index (κ3) is 7.47. The van der Waals surface area contributed by atoms with Crippen molar-refractivity contribution in [2.24, 2.45) is 5.92 Å². The van der Waals surface area contributed by atoms with Crippen LogP contribution in [0.25, 0.3) is 0 Å². The summed E-state index contributed by atoms with van der Waals surface area (Å²) in [4.78, 5) is 35.1. The van der Waals surface area contributed by atoms with Crippen LogP contribution < -0.4 is 5.32 Å². The predicted molar refractivity (Wildman–Crippen MR) is 80.3 cm³/mol. The normalized spacial score (nSPS) is 13.4. The molecular weight excluding hydrogens is 290 g/mol. The second-order valence-corrected chi connectivity index (χ2v) is 5.51. The van der Waals surface area contributed by atoms with E-state index in [2.05, 4.69) is 18.5 Å².